The fourth-order valence-electron chi connectivity index (χ4n) is 3.33. The summed E-state index contributed by atoms with van der Waals surface area (Å²) >= 11 is 0. The SMILES string of the molecule is O=C(CCc1ccccc1)Cc1nc(-c2ccccc2)c(-c2ccccc2)[nH]1. The highest BCUT2D eigenvalue weighted by Crippen LogP contribution is 2.30. The second-order valence-electron chi connectivity index (χ2n) is 6.84. The maximum Gasteiger partial charge on any atom is 0.140 e. The molecule has 138 valence electrons. The van der Waals surface area contributed by atoms with Gasteiger partial charge < -0.3 is 4.98 Å². The molecule has 0 saturated heterocycles. The van der Waals surface area contributed by atoms with E-state index >= 15 is 0 Å². The number of rotatable bonds is 7. The lowest BCUT2D eigenvalue weighted by atomic mass is 10.1. The van der Waals surface area contributed by atoms with Gasteiger partial charge >= 0.3 is 0 Å². The van der Waals surface area contributed by atoms with Crippen molar-refractivity contribution in [3.8, 4) is 22.5 Å². The minimum atomic E-state index is 0.192. The number of hydrogen-bond acceptors (Lipinski definition) is 2. The Balaban J connectivity index is 1.56. The molecule has 0 aliphatic carbocycles. The molecular weight excluding hydrogens is 344 g/mol. The van der Waals surface area contributed by atoms with Crippen LogP contribution in [-0.2, 0) is 17.6 Å². The molecule has 4 aromatic rings. The fraction of sp³-hybridized carbons (Fsp3) is 0.120. The Hall–Kier alpha value is -3.46. The molecule has 4 rings (SSSR count). The van der Waals surface area contributed by atoms with Crippen molar-refractivity contribution in [3.05, 3.63) is 102 Å². The molecule has 0 radical (unpaired) electrons. The fourth-order valence-corrected chi connectivity index (χ4v) is 3.33. The number of carbonyl (C=O) groups is 1. The Kier molecular flexibility index (Phi) is 5.43. The lowest BCUT2D eigenvalue weighted by molar-refractivity contribution is -0.118. The van der Waals surface area contributed by atoms with E-state index in [0.29, 0.717) is 12.8 Å². The third-order valence-corrected chi connectivity index (χ3v) is 4.76. The van der Waals surface area contributed by atoms with Gasteiger partial charge in [-0.25, -0.2) is 4.98 Å². The predicted octanol–water partition coefficient (Wildman–Crippen LogP) is 5.49. The summed E-state index contributed by atoms with van der Waals surface area (Å²) in [6.07, 6.45) is 1.60. The van der Waals surface area contributed by atoms with Crippen molar-refractivity contribution < 1.29 is 4.79 Å². The Labute approximate surface area is 165 Å². The summed E-state index contributed by atoms with van der Waals surface area (Å²) < 4.78 is 0. The number of hydrogen-bond donors (Lipinski definition) is 1. The second-order valence-corrected chi connectivity index (χ2v) is 6.84. The van der Waals surface area contributed by atoms with E-state index in [4.69, 9.17) is 4.98 Å². The van der Waals surface area contributed by atoms with Gasteiger partial charge in [0.25, 0.3) is 0 Å². The van der Waals surface area contributed by atoms with Crippen LogP contribution in [0.5, 0.6) is 0 Å². The molecule has 1 aromatic heterocycles. The number of aromatic amines is 1. The van der Waals surface area contributed by atoms with Gasteiger partial charge in [0.05, 0.1) is 17.8 Å². The van der Waals surface area contributed by atoms with Crippen molar-refractivity contribution in [2.45, 2.75) is 19.3 Å². The van der Waals surface area contributed by atoms with E-state index in [1.54, 1.807) is 0 Å². The average molecular weight is 366 g/mol. The molecule has 0 aliphatic heterocycles. The van der Waals surface area contributed by atoms with Gasteiger partial charge in [0.15, 0.2) is 0 Å². The Morgan fingerprint density at radius 1 is 0.750 bits per heavy atom. The number of nitrogens with one attached hydrogen (secondary N) is 1. The molecule has 3 nitrogen and oxygen atoms in total. The topological polar surface area (TPSA) is 45.8 Å². The number of Topliss-reactive ketones (excluding diaryl/α,β-unsaturated/α-hetero) is 1. The molecule has 0 unspecified atom stereocenters. The number of ketones is 1. The van der Waals surface area contributed by atoms with Crippen LogP contribution < -0.4 is 0 Å². The highest BCUT2D eigenvalue weighted by molar-refractivity contribution is 5.82. The van der Waals surface area contributed by atoms with E-state index < -0.39 is 0 Å². The monoisotopic (exact) mass is 366 g/mol. The lowest BCUT2D eigenvalue weighted by Gasteiger charge is -2.02. The zero-order valence-electron chi connectivity index (χ0n) is 15.6. The molecule has 0 atom stereocenters. The Morgan fingerprint density at radius 3 is 1.96 bits per heavy atom. The van der Waals surface area contributed by atoms with Gasteiger partial charge in [-0.2, -0.15) is 0 Å². The standard InChI is InChI=1S/C25H22N2O/c28-22(17-16-19-10-4-1-5-11-19)18-23-26-24(20-12-6-2-7-13-20)25(27-23)21-14-8-3-9-15-21/h1-15H,16-18H2,(H,26,27). The van der Waals surface area contributed by atoms with Gasteiger partial charge in [-0.05, 0) is 12.0 Å². The first-order chi connectivity index (χ1) is 13.8. The first kappa shape index (κ1) is 17.9. The van der Waals surface area contributed by atoms with Crippen molar-refractivity contribution in [1.29, 1.82) is 0 Å². The molecule has 0 saturated carbocycles. The third-order valence-electron chi connectivity index (χ3n) is 4.76. The van der Waals surface area contributed by atoms with Gasteiger partial charge in [-0.3, -0.25) is 4.79 Å². The van der Waals surface area contributed by atoms with Crippen LogP contribution in [0, 0.1) is 0 Å². The summed E-state index contributed by atoms with van der Waals surface area (Å²) in [6.45, 7) is 0. The Bertz CT molecular complexity index is 981. The number of H-pyrrole nitrogens is 1. The van der Waals surface area contributed by atoms with E-state index in [0.717, 1.165) is 34.8 Å². The average Bonchev–Trinajstić information content (AvgIpc) is 3.18. The molecule has 0 bridgehead atoms. The number of aryl methyl sites for hydroxylation is 1. The van der Waals surface area contributed by atoms with Crippen LogP contribution in [0.3, 0.4) is 0 Å². The van der Waals surface area contributed by atoms with Crippen molar-refractivity contribution in [2.24, 2.45) is 0 Å². The normalized spacial score (nSPS) is 10.7. The van der Waals surface area contributed by atoms with Gasteiger partial charge in [0, 0.05) is 17.5 Å². The number of imidazole rings is 1. The van der Waals surface area contributed by atoms with Crippen molar-refractivity contribution in [2.75, 3.05) is 0 Å². The van der Waals surface area contributed by atoms with Gasteiger partial charge in [-0.1, -0.05) is 91.0 Å². The molecular formula is C25H22N2O. The maximum absolute atomic E-state index is 12.5. The van der Waals surface area contributed by atoms with Gasteiger partial charge in [-0.15, -0.1) is 0 Å². The highest BCUT2D eigenvalue weighted by atomic mass is 16.1. The van der Waals surface area contributed by atoms with Crippen LogP contribution in [0.25, 0.3) is 22.5 Å². The van der Waals surface area contributed by atoms with Gasteiger partial charge in [0.1, 0.15) is 11.6 Å². The summed E-state index contributed by atoms with van der Waals surface area (Å²) in [5, 5.41) is 0. The second kappa shape index (κ2) is 8.49. The van der Waals surface area contributed by atoms with E-state index in [-0.39, 0.29) is 5.78 Å². The van der Waals surface area contributed by atoms with Crippen LogP contribution in [0.2, 0.25) is 0 Å². The van der Waals surface area contributed by atoms with Crippen LogP contribution in [0.1, 0.15) is 17.8 Å². The molecule has 0 fully saturated rings. The largest absolute Gasteiger partial charge is 0.341 e. The first-order valence-corrected chi connectivity index (χ1v) is 9.55. The number of aromatic nitrogens is 2. The maximum atomic E-state index is 12.5. The third kappa shape index (κ3) is 4.26. The molecule has 3 heteroatoms. The highest BCUT2D eigenvalue weighted by Gasteiger charge is 2.15. The first-order valence-electron chi connectivity index (χ1n) is 9.55. The minimum absolute atomic E-state index is 0.192. The van der Waals surface area contributed by atoms with Crippen LogP contribution in [0.4, 0.5) is 0 Å². The molecule has 0 spiro atoms. The summed E-state index contributed by atoms with van der Waals surface area (Å²) in [5.74, 6) is 0.910. The van der Waals surface area contributed by atoms with E-state index in [2.05, 4.69) is 29.2 Å². The van der Waals surface area contributed by atoms with E-state index in [1.165, 1.54) is 5.56 Å². The summed E-state index contributed by atoms with van der Waals surface area (Å²) in [5.41, 5.74) is 5.14. The zero-order valence-corrected chi connectivity index (χ0v) is 15.6. The molecule has 3 aromatic carbocycles. The number of carbonyl (C=O) groups excluding carboxylic acids is 1. The van der Waals surface area contributed by atoms with Crippen LogP contribution >= 0.6 is 0 Å². The van der Waals surface area contributed by atoms with Gasteiger partial charge in [0.2, 0.25) is 0 Å². The van der Waals surface area contributed by atoms with Crippen molar-refractivity contribution in [3.63, 3.8) is 0 Å². The van der Waals surface area contributed by atoms with Crippen LogP contribution in [-0.4, -0.2) is 15.8 Å². The van der Waals surface area contributed by atoms with Crippen LogP contribution in [0.15, 0.2) is 91.0 Å². The molecule has 0 amide bonds. The summed E-state index contributed by atoms with van der Waals surface area (Å²) in [6, 6.07) is 30.3. The molecule has 1 N–H and O–H groups in total. The number of benzene rings is 3. The van der Waals surface area contributed by atoms with E-state index in [9.17, 15) is 4.79 Å². The van der Waals surface area contributed by atoms with E-state index in [1.807, 2.05) is 66.7 Å². The predicted molar refractivity (Wildman–Crippen MR) is 113 cm³/mol. The summed E-state index contributed by atoms with van der Waals surface area (Å²) in [4.78, 5) is 20.7. The molecule has 1 heterocycles. The lowest BCUT2D eigenvalue weighted by Crippen LogP contribution is -2.05. The quantitative estimate of drug-likeness (QED) is 0.470. The number of nitrogens with zero attached hydrogens (tertiary/aromatic N) is 1. The zero-order chi connectivity index (χ0) is 19.2. The van der Waals surface area contributed by atoms with Crippen molar-refractivity contribution >= 4 is 5.78 Å². The molecule has 0 aliphatic rings. The minimum Gasteiger partial charge on any atom is -0.341 e. The molecule has 28 heavy (non-hydrogen) atoms. The van der Waals surface area contributed by atoms with Crippen molar-refractivity contribution in [1.82, 2.24) is 9.97 Å². The smallest absolute Gasteiger partial charge is 0.140 e. The Morgan fingerprint density at radius 2 is 1.32 bits per heavy atom. The summed E-state index contributed by atoms with van der Waals surface area (Å²) in [7, 11) is 0.